The third kappa shape index (κ3) is 5.64. The Morgan fingerprint density at radius 1 is 1.28 bits per heavy atom. The van der Waals surface area contributed by atoms with Crippen LogP contribution in [0.2, 0.25) is 0 Å². The number of nitrogens with two attached hydrogens (primary N) is 2. The lowest BCUT2D eigenvalue weighted by Gasteiger charge is -2.08. The minimum atomic E-state index is -3.41. The van der Waals surface area contributed by atoms with Crippen LogP contribution in [0, 0.1) is 0 Å². The van der Waals surface area contributed by atoms with Gasteiger partial charge in [0.05, 0.1) is 5.75 Å². The molecule has 18 heavy (non-hydrogen) atoms. The standard InChI is InChI=1S/C9H18N6O2S/c1-2-12-7-6-8(15-9(10)14-7)13-4-3-5-18(11,16)17/h6H,2-5H2,1H3,(H2,11,16,17)(H4,10,12,13,14,15). The first-order valence-corrected chi connectivity index (χ1v) is 7.25. The van der Waals surface area contributed by atoms with Gasteiger partial charge in [-0.05, 0) is 13.3 Å². The Balaban J connectivity index is 2.51. The molecule has 0 saturated heterocycles. The third-order valence-corrected chi connectivity index (χ3v) is 2.87. The van der Waals surface area contributed by atoms with Gasteiger partial charge in [-0.3, -0.25) is 0 Å². The van der Waals surface area contributed by atoms with E-state index in [1.165, 1.54) is 0 Å². The number of hydrogen-bond acceptors (Lipinski definition) is 7. The van der Waals surface area contributed by atoms with Gasteiger partial charge in [0.1, 0.15) is 11.6 Å². The smallest absolute Gasteiger partial charge is 0.223 e. The maximum atomic E-state index is 10.7. The largest absolute Gasteiger partial charge is 0.370 e. The molecular formula is C9H18N6O2S. The average Bonchev–Trinajstić information content (AvgIpc) is 2.23. The van der Waals surface area contributed by atoms with E-state index in [-0.39, 0.29) is 11.7 Å². The highest BCUT2D eigenvalue weighted by Gasteiger charge is 2.04. The van der Waals surface area contributed by atoms with Gasteiger partial charge in [0.2, 0.25) is 16.0 Å². The van der Waals surface area contributed by atoms with Crippen LogP contribution in [-0.4, -0.2) is 37.2 Å². The first kappa shape index (κ1) is 14.5. The molecule has 0 spiro atoms. The van der Waals surface area contributed by atoms with Crippen LogP contribution in [0.15, 0.2) is 6.07 Å². The van der Waals surface area contributed by atoms with Crippen LogP contribution in [-0.2, 0) is 10.0 Å². The molecule has 0 aliphatic heterocycles. The van der Waals surface area contributed by atoms with Crippen molar-refractivity contribution >= 4 is 27.6 Å². The van der Waals surface area contributed by atoms with Crippen molar-refractivity contribution in [2.45, 2.75) is 13.3 Å². The zero-order chi connectivity index (χ0) is 13.6. The Bertz CT molecular complexity index is 490. The zero-order valence-electron chi connectivity index (χ0n) is 10.2. The predicted octanol–water partition coefficient (Wildman–Crippen LogP) is -0.419. The maximum Gasteiger partial charge on any atom is 0.223 e. The van der Waals surface area contributed by atoms with Crippen LogP contribution in [0.25, 0.3) is 0 Å². The SMILES string of the molecule is CCNc1cc(NCCCS(N)(=O)=O)nc(N)n1. The van der Waals surface area contributed by atoms with Gasteiger partial charge in [-0.1, -0.05) is 0 Å². The molecule has 0 atom stereocenters. The van der Waals surface area contributed by atoms with E-state index in [1.807, 2.05) is 6.92 Å². The van der Waals surface area contributed by atoms with Crippen molar-refractivity contribution in [2.24, 2.45) is 5.14 Å². The number of nitrogens with zero attached hydrogens (tertiary/aromatic N) is 2. The fourth-order valence-electron chi connectivity index (χ4n) is 1.32. The van der Waals surface area contributed by atoms with E-state index in [9.17, 15) is 8.42 Å². The molecule has 1 heterocycles. The number of sulfonamides is 1. The third-order valence-electron chi connectivity index (χ3n) is 2.01. The van der Waals surface area contributed by atoms with Crippen molar-refractivity contribution in [3.8, 4) is 0 Å². The fraction of sp³-hybridized carbons (Fsp3) is 0.556. The highest BCUT2D eigenvalue weighted by molar-refractivity contribution is 7.89. The number of primary sulfonamides is 1. The molecule has 1 rings (SSSR count). The van der Waals surface area contributed by atoms with E-state index in [4.69, 9.17) is 10.9 Å². The summed E-state index contributed by atoms with van der Waals surface area (Å²) in [4.78, 5) is 7.98. The van der Waals surface area contributed by atoms with Crippen LogP contribution in [0.1, 0.15) is 13.3 Å². The average molecular weight is 274 g/mol. The molecule has 1 aromatic heterocycles. The maximum absolute atomic E-state index is 10.7. The molecule has 0 bridgehead atoms. The summed E-state index contributed by atoms with van der Waals surface area (Å²) in [7, 11) is -3.41. The summed E-state index contributed by atoms with van der Waals surface area (Å²) in [5, 5.41) is 10.9. The van der Waals surface area contributed by atoms with Crippen LogP contribution in [0.5, 0.6) is 0 Å². The van der Waals surface area contributed by atoms with E-state index in [0.29, 0.717) is 24.6 Å². The number of nitrogen functional groups attached to an aromatic ring is 1. The molecule has 0 amide bonds. The summed E-state index contributed by atoms with van der Waals surface area (Å²) in [5.41, 5.74) is 5.55. The minimum absolute atomic E-state index is 0.0688. The van der Waals surface area contributed by atoms with Gasteiger partial charge in [0.15, 0.2) is 0 Å². The summed E-state index contributed by atoms with van der Waals surface area (Å²) >= 11 is 0. The predicted molar refractivity (Wildman–Crippen MR) is 71.7 cm³/mol. The normalized spacial score (nSPS) is 11.2. The first-order chi connectivity index (χ1) is 8.40. The minimum Gasteiger partial charge on any atom is -0.370 e. The van der Waals surface area contributed by atoms with Crippen LogP contribution >= 0.6 is 0 Å². The summed E-state index contributed by atoms with van der Waals surface area (Å²) in [6.07, 6.45) is 0.402. The van der Waals surface area contributed by atoms with E-state index >= 15 is 0 Å². The van der Waals surface area contributed by atoms with Crippen LogP contribution < -0.4 is 21.5 Å². The molecule has 6 N–H and O–H groups in total. The Labute approximate surface area is 106 Å². The quantitative estimate of drug-likeness (QED) is 0.496. The van der Waals surface area contributed by atoms with Crippen molar-refractivity contribution in [3.05, 3.63) is 6.07 Å². The summed E-state index contributed by atoms with van der Waals surface area (Å²) in [6, 6.07) is 1.71. The molecule has 9 heteroatoms. The number of nitrogens with one attached hydrogen (secondary N) is 2. The second kappa shape index (κ2) is 6.36. The van der Waals surface area contributed by atoms with E-state index in [2.05, 4.69) is 20.6 Å². The van der Waals surface area contributed by atoms with Crippen LogP contribution in [0.4, 0.5) is 17.6 Å². The summed E-state index contributed by atoms with van der Waals surface area (Å²) in [5.74, 6) is 1.26. The second-order valence-corrected chi connectivity index (χ2v) is 5.41. The molecule has 0 fully saturated rings. The number of rotatable bonds is 7. The van der Waals surface area contributed by atoms with Gasteiger partial charge < -0.3 is 16.4 Å². The summed E-state index contributed by atoms with van der Waals surface area (Å²) < 4.78 is 21.5. The number of aromatic nitrogens is 2. The first-order valence-electron chi connectivity index (χ1n) is 5.53. The van der Waals surface area contributed by atoms with Gasteiger partial charge in [0.25, 0.3) is 0 Å². The number of hydrogen-bond donors (Lipinski definition) is 4. The highest BCUT2D eigenvalue weighted by atomic mass is 32.2. The molecule has 0 aliphatic carbocycles. The Morgan fingerprint density at radius 2 is 1.89 bits per heavy atom. The molecule has 0 aromatic carbocycles. The highest BCUT2D eigenvalue weighted by Crippen LogP contribution is 2.12. The fourth-order valence-corrected chi connectivity index (χ4v) is 1.86. The van der Waals surface area contributed by atoms with Gasteiger partial charge >= 0.3 is 0 Å². The molecule has 0 saturated carbocycles. The molecule has 1 aromatic rings. The number of anilines is 3. The Hall–Kier alpha value is -1.61. The second-order valence-electron chi connectivity index (χ2n) is 3.67. The molecule has 8 nitrogen and oxygen atoms in total. The molecule has 0 unspecified atom stereocenters. The van der Waals surface area contributed by atoms with E-state index in [0.717, 1.165) is 6.54 Å². The molecule has 102 valence electrons. The van der Waals surface area contributed by atoms with Crippen LogP contribution in [0.3, 0.4) is 0 Å². The lowest BCUT2D eigenvalue weighted by Crippen LogP contribution is -2.19. The Kier molecular flexibility index (Phi) is 5.10. The zero-order valence-corrected chi connectivity index (χ0v) is 11.0. The van der Waals surface area contributed by atoms with Gasteiger partial charge in [0, 0.05) is 19.2 Å². The van der Waals surface area contributed by atoms with Crippen molar-refractivity contribution in [1.82, 2.24) is 9.97 Å². The van der Waals surface area contributed by atoms with Crippen molar-refractivity contribution < 1.29 is 8.42 Å². The van der Waals surface area contributed by atoms with Gasteiger partial charge in [-0.15, -0.1) is 0 Å². The van der Waals surface area contributed by atoms with Crippen molar-refractivity contribution in [1.29, 1.82) is 0 Å². The van der Waals surface area contributed by atoms with Gasteiger partial charge in [-0.2, -0.15) is 9.97 Å². The lowest BCUT2D eigenvalue weighted by molar-refractivity contribution is 0.595. The van der Waals surface area contributed by atoms with E-state index < -0.39 is 10.0 Å². The molecule has 0 radical (unpaired) electrons. The Morgan fingerprint density at radius 3 is 2.44 bits per heavy atom. The van der Waals surface area contributed by atoms with Gasteiger partial charge in [-0.25, -0.2) is 13.6 Å². The topological polar surface area (TPSA) is 136 Å². The van der Waals surface area contributed by atoms with E-state index in [1.54, 1.807) is 6.07 Å². The van der Waals surface area contributed by atoms with Crippen molar-refractivity contribution in [3.63, 3.8) is 0 Å². The molecular weight excluding hydrogens is 256 g/mol. The monoisotopic (exact) mass is 274 g/mol. The molecule has 0 aliphatic rings. The van der Waals surface area contributed by atoms with Crippen molar-refractivity contribution in [2.75, 3.05) is 35.2 Å². The summed E-state index contributed by atoms with van der Waals surface area (Å²) in [6.45, 7) is 3.11. The lowest BCUT2D eigenvalue weighted by atomic mass is 10.4.